The third kappa shape index (κ3) is 5.22. The van der Waals surface area contributed by atoms with Gasteiger partial charge in [0.25, 0.3) is 0 Å². The summed E-state index contributed by atoms with van der Waals surface area (Å²) in [6.07, 6.45) is 3.61. The molecule has 0 spiro atoms. The summed E-state index contributed by atoms with van der Waals surface area (Å²) in [7, 11) is 0. The number of H-pyrrole nitrogens is 1. The molecule has 0 radical (unpaired) electrons. The van der Waals surface area contributed by atoms with E-state index in [0.717, 1.165) is 50.7 Å². The van der Waals surface area contributed by atoms with Crippen LogP contribution in [0.2, 0.25) is 0 Å². The van der Waals surface area contributed by atoms with E-state index in [4.69, 9.17) is 10.5 Å². The average Bonchev–Trinajstić information content (AvgIpc) is 3.58. The van der Waals surface area contributed by atoms with Gasteiger partial charge in [0.15, 0.2) is 0 Å². The Kier molecular flexibility index (Phi) is 7.04. The van der Waals surface area contributed by atoms with Gasteiger partial charge in [0, 0.05) is 29.2 Å². The van der Waals surface area contributed by atoms with E-state index in [0.29, 0.717) is 11.1 Å². The number of benzene rings is 2. The highest BCUT2D eigenvalue weighted by Crippen LogP contribution is 2.22. The van der Waals surface area contributed by atoms with Crippen molar-refractivity contribution in [3.63, 3.8) is 0 Å². The van der Waals surface area contributed by atoms with Crippen molar-refractivity contribution in [2.24, 2.45) is 0 Å². The topological polar surface area (TPSA) is 107 Å². The summed E-state index contributed by atoms with van der Waals surface area (Å²) in [6.45, 7) is 7.81. The van der Waals surface area contributed by atoms with Crippen LogP contribution in [0.3, 0.4) is 0 Å². The van der Waals surface area contributed by atoms with Gasteiger partial charge in [-0.2, -0.15) is 20.7 Å². The van der Waals surface area contributed by atoms with Crippen molar-refractivity contribution in [3.05, 3.63) is 107 Å². The van der Waals surface area contributed by atoms with Crippen molar-refractivity contribution in [3.8, 4) is 40.3 Å². The van der Waals surface area contributed by atoms with Gasteiger partial charge in [-0.05, 0) is 75.2 Å². The molecule has 0 saturated carbocycles. The molecule has 0 bridgehead atoms. The molecule has 0 atom stereocenters. The minimum absolute atomic E-state index is 0.681. The van der Waals surface area contributed by atoms with Crippen molar-refractivity contribution in [1.82, 2.24) is 25.0 Å². The Labute approximate surface area is 210 Å². The molecular weight excluding hydrogens is 446 g/mol. The third-order valence-corrected chi connectivity index (χ3v) is 5.86. The minimum Gasteiger partial charge on any atom is -0.278 e. The molecular formula is C29H25N7. The van der Waals surface area contributed by atoms with E-state index in [1.165, 1.54) is 0 Å². The zero-order chi connectivity index (χ0) is 25.7. The lowest BCUT2D eigenvalue weighted by molar-refractivity contribution is 0.861. The first-order valence-electron chi connectivity index (χ1n) is 11.4. The lowest BCUT2D eigenvalue weighted by Crippen LogP contribution is -2.00. The lowest BCUT2D eigenvalue weighted by Gasteiger charge is -2.06. The quantitative estimate of drug-likeness (QED) is 0.348. The Hall–Kier alpha value is -5.01. The molecule has 176 valence electrons. The smallest absolute Gasteiger partial charge is 0.0994 e. The van der Waals surface area contributed by atoms with E-state index >= 15 is 0 Å². The summed E-state index contributed by atoms with van der Waals surface area (Å²) in [5, 5.41) is 29.4. The highest BCUT2D eigenvalue weighted by atomic mass is 15.3. The number of nitrogens with zero attached hydrogens (tertiary/aromatic N) is 6. The van der Waals surface area contributed by atoms with Crippen LogP contribution in [0.15, 0.2) is 73.1 Å². The minimum atomic E-state index is 0.681. The number of nitrogens with one attached hydrogen (secondary N) is 1. The molecule has 0 amide bonds. The van der Waals surface area contributed by atoms with Crippen molar-refractivity contribution in [2.75, 3.05) is 0 Å². The molecule has 5 rings (SSSR count). The molecule has 0 unspecified atom stereocenters. The largest absolute Gasteiger partial charge is 0.278 e. The van der Waals surface area contributed by atoms with Gasteiger partial charge in [0.1, 0.15) is 0 Å². The van der Waals surface area contributed by atoms with Crippen LogP contribution in [0.4, 0.5) is 0 Å². The number of hydrogen-bond acceptors (Lipinski definition) is 5. The number of aromatic amines is 1. The maximum absolute atomic E-state index is 9.15. The molecule has 7 nitrogen and oxygen atoms in total. The second-order valence-electron chi connectivity index (χ2n) is 8.46. The number of rotatable bonds is 3. The first-order valence-corrected chi connectivity index (χ1v) is 11.4. The fraction of sp³-hybridized carbons (Fsp3) is 0.138. The Morgan fingerprint density at radius 2 is 1.44 bits per heavy atom. The van der Waals surface area contributed by atoms with Gasteiger partial charge in [-0.25, -0.2) is 4.68 Å². The van der Waals surface area contributed by atoms with E-state index < -0.39 is 0 Å². The second-order valence-corrected chi connectivity index (χ2v) is 8.46. The van der Waals surface area contributed by atoms with Crippen LogP contribution in [0.5, 0.6) is 0 Å². The molecule has 1 N–H and O–H groups in total. The third-order valence-electron chi connectivity index (χ3n) is 5.86. The molecule has 0 saturated heterocycles. The summed E-state index contributed by atoms with van der Waals surface area (Å²) >= 11 is 0. The first-order chi connectivity index (χ1) is 17.4. The summed E-state index contributed by atoms with van der Waals surface area (Å²) in [6, 6.07) is 23.8. The van der Waals surface area contributed by atoms with Crippen LogP contribution in [0.25, 0.3) is 28.2 Å². The van der Waals surface area contributed by atoms with Crippen molar-refractivity contribution in [1.29, 1.82) is 10.5 Å². The fourth-order valence-corrected chi connectivity index (χ4v) is 3.76. The number of pyridine rings is 1. The Bertz CT molecular complexity index is 1600. The lowest BCUT2D eigenvalue weighted by atomic mass is 10.0. The first kappa shape index (κ1) is 24.1. The van der Waals surface area contributed by atoms with Gasteiger partial charge >= 0.3 is 0 Å². The molecule has 0 aliphatic rings. The van der Waals surface area contributed by atoms with E-state index in [1.54, 1.807) is 6.20 Å². The van der Waals surface area contributed by atoms with Crippen LogP contribution < -0.4 is 0 Å². The predicted molar refractivity (Wildman–Crippen MR) is 139 cm³/mol. The normalized spacial score (nSPS) is 10.2. The molecule has 0 aliphatic carbocycles. The van der Waals surface area contributed by atoms with Crippen LogP contribution in [0, 0.1) is 50.4 Å². The van der Waals surface area contributed by atoms with E-state index in [2.05, 4.69) is 32.4 Å². The van der Waals surface area contributed by atoms with Crippen molar-refractivity contribution < 1.29 is 0 Å². The molecule has 7 heteroatoms. The van der Waals surface area contributed by atoms with Gasteiger partial charge in [0.05, 0.1) is 46.0 Å². The predicted octanol–water partition coefficient (Wildman–Crippen LogP) is 5.99. The van der Waals surface area contributed by atoms with E-state index in [1.807, 2.05) is 99.2 Å². The molecule has 2 aromatic carbocycles. The zero-order valence-corrected chi connectivity index (χ0v) is 20.6. The highest BCUT2D eigenvalue weighted by molar-refractivity contribution is 5.63. The van der Waals surface area contributed by atoms with E-state index in [9.17, 15) is 0 Å². The highest BCUT2D eigenvalue weighted by Gasteiger charge is 2.08. The molecule has 36 heavy (non-hydrogen) atoms. The van der Waals surface area contributed by atoms with Crippen LogP contribution in [-0.2, 0) is 0 Å². The van der Waals surface area contributed by atoms with Crippen LogP contribution in [0.1, 0.15) is 33.6 Å². The SMILES string of the molecule is Cc1ccc(-c2ccn[nH]2)cc1C#N.Cc1ccc(-n2ccc(-c3ccc(C)c(C#N)c3)n2)c(C)n1. The Balaban J connectivity index is 0.000000187. The fourth-order valence-electron chi connectivity index (χ4n) is 3.76. The van der Waals surface area contributed by atoms with Crippen molar-refractivity contribution in [2.45, 2.75) is 27.7 Å². The van der Waals surface area contributed by atoms with Gasteiger partial charge in [0.2, 0.25) is 0 Å². The number of hydrogen-bond donors (Lipinski definition) is 1. The summed E-state index contributed by atoms with van der Waals surface area (Å²) in [5.41, 5.74) is 9.96. The molecule has 3 heterocycles. The Morgan fingerprint density at radius 3 is 2.06 bits per heavy atom. The van der Waals surface area contributed by atoms with Crippen molar-refractivity contribution >= 4 is 0 Å². The van der Waals surface area contributed by atoms with Gasteiger partial charge in [-0.3, -0.25) is 10.1 Å². The standard InChI is InChI=1S/C18H16N4.C11H9N3/c1-12-4-6-15(10-16(12)11-19)17-8-9-22(21-17)18-7-5-13(2)20-14(18)3;1-8-2-3-9(6-10(8)7-12)11-4-5-13-14-11/h4-10H,1-3H3;2-6H,1H3,(H,13,14). The summed E-state index contributed by atoms with van der Waals surface area (Å²) in [4.78, 5) is 4.47. The van der Waals surface area contributed by atoms with Crippen LogP contribution in [-0.4, -0.2) is 25.0 Å². The maximum atomic E-state index is 9.15. The average molecular weight is 472 g/mol. The maximum Gasteiger partial charge on any atom is 0.0994 e. The number of nitriles is 2. The molecule has 0 fully saturated rings. The molecule has 5 aromatic rings. The Morgan fingerprint density at radius 1 is 0.778 bits per heavy atom. The van der Waals surface area contributed by atoms with E-state index in [-0.39, 0.29) is 0 Å². The number of aryl methyl sites for hydroxylation is 4. The monoisotopic (exact) mass is 471 g/mol. The zero-order valence-electron chi connectivity index (χ0n) is 20.6. The molecule has 3 aromatic heterocycles. The second kappa shape index (κ2) is 10.5. The number of aromatic nitrogens is 5. The van der Waals surface area contributed by atoms with Gasteiger partial charge < -0.3 is 0 Å². The molecule has 0 aliphatic heterocycles. The summed E-state index contributed by atoms with van der Waals surface area (Å²) in [5.74, 6) is 0. The van der Waals surface area contributed by atoms with Gasteiger partial charge in [-0.1, -0.05) is 24.3 Å². The van der Waals surface area contributed by atoms with Crippen LogP contribution >= 0.6 is 0 Å². The van der Waals surface area contributed by atoms with Gasteiger partial charge in [-0.15, -0.1) is 0 Å². The summed E-state index contributed by atoms with van der Waals surface area (Å²) < 4.78 is 1.82.